The molecule has 8 nitrogen and oxygen atoms in total. The molecule has 0 amide bonds. The third-order valence-corrected chi connectivity index (χ3v) is 9.97. The van der Waals surface area contributed by atoms with Gasteiger partial charge in [-0.2, -0.15) is 15.2 Å². The number of nitrogens with one attached hydrogen (secondary N) is 1. The zero-order valence-electron chi connectivity index (χ0n) is 24.3. The molecule has 2 aromatic heterocycles. The van der Waals surface area contributed by atoms with Gasteiger partial charge in [0.1, 0.15) is 34.4 Å². The molecule has 0 saturated carbocycles. The molecule has 3 aliphatic heterocycles. The summed E-state index contributed by atoms with van der Waals surface area (Å²) in [4.78, 5) is 13.1. The molecule has 12 heteroatoms. The van der Waals surface area contributed by atoms with E-state index in [0.29, 0.717) is 34.7 Å². The number of nitrogen functional groups attached to an aromatic ring is 1. The second kappa shape index (κ2) is 11.8. The lowest BCUT2D eigenvalue weighted by Crippen LogP contribution is -2.40. The van der Waals surface area contributed by atoms with Crippen molar-refractivity contribution in [3.63, 3.8) is 0 Å². The molecule has 5 heterocycles. The van der Waals surface area contributed by atoms with Gasteiger partial charge in [-0.25, -0.2) is 13.2 Å². The summed E-state index contributed by atoms with van der Waals surface area (Å²) in [5.74, 6) is -0.549. The first kappa shape index (κ1) is 29.4. The first-order valence-corrected chi connectivity index (χ1v) is 15.3. The average Bonchev–Trinajstić information content (AvgIpc) is 3.77. The van der Waals surface area contributed by atoms with Gasteiger partial charge >= 0.3 is 6.01 Å². The van der Waals surface area contributed by atoms with Crippen LogP contribution in [0.15, 0.2) is 24.3 Å². The molecule has 226 valence electrons. The van der Waals surface area contributed by atoms with Crippen LogP contribution in [0.25, 0.3) is 32.1 Å². The Morgan fingerprint density at radius 2 is 1.98 bits per heavy atom. The molecule has 4 atom stereocenters. The Morgan fingerprint density at radius 1 is 1.19 bits per heavy atom. The fourth-order valence-corrected chi connectivity index (χ4v) is 7.73. The van der Waals surface area contributed by atoms with E-state index in [0.717, 1.165) is 37.3 Å². The van der Waals surface area contributed by atoms with E-state index in [1.165, 1.54) is 32.1 Å². The number of rotatable bonds is 4. The van der Waals surface area contributed by atoms with Gasteiger partial charge in [-0.05, 0) is 63.4 Å². The molecule has 3 N–H and O–H groups in total. The SMILES string of the molecule is COc1nc(N(C)C2CCNC2C)c2ccc(-c3ccc(F)c4sc(N)c(C#N)c34)c(F)c2n1.FC1CC2CCCN2C1. The highest BCUT2D eigenvalue weighted by molar-refractivity contribution is 7.23. The number of anilines is 2. The summed E-state index contributed by atoms with van der Waals surface area (Å²) >= 11 is 0.975. The highest BCUT2D eigenvalue weighted by Crippen LogP contribution is 2.43. The molecule has 4 aromatic rings. The van der Waals surface area contributed by atoms with Gasteiger partial charge in [0.15, 0.2) is 5.82 Å². The van der Waals surface area contributed by atoms with Crippen molar-refractivity contribution in [2.24, 2.45) is 0 Å². The van der Waals surface area contributed by atoms with Crippen LogP contribution in [-0.4, -0.2) is 73.0 Å². The van der Waals surface area contributed by atoms with E-state index in [9.17, 15) is 14.0 Å². The molecular formula is C31H34F3N7OS. The van der Waals surface area contributed by atoms with Crippen molar-refractivity contribution in [1.29, 1.82) is 5.26 Å². The van der Waals surface area contributed by atoms with Gasteiger partial charge in [0, 0.05) is 48.1 Å². The van der Waals surface area contributed by atoms with Gasteiger partial charge < -0.3 is 20.7 Å². The number of nitriles is 1. The predicted molar refractivity (Wildman–Crippen MR) is 164 cm³/mol. The van der Waals surface area contributed by atoms with Crippen molar-refractivity contribution in [1.82, 2.24) is 20.2 Å². The Hall–Kier alpha value is -3.66. The largest absolute Gasteiger partial charge is 0.467 e. The van der Waals surface area contributed by atoms with Gasteiger partial charge in [-0.3, -0.25) is 4.90 Å². The van der Waals surface area contributed by atoms with Gasteiger partial charge in [-0.15, -0.1) is 11.3 Å². The standard InChI is InChI=1S/C24H22F2N6OS.C7H12FN/c1-11-17(8-9-29-11)32(2)23-14-5-4-13(19(26)20(14)30-24(31-23)33-3)12-6-7-16(25)21-18(12)15(10-27)22(28)34-21;8-6-4-7-2-1-3-9(7)5-6/h4-7,11,17,29H,8-9,28H2,1-3H3;6-7H,1-5H2. The number of hydrogen-bond donors (Lipinski definition) is 2. The van der Waals surface area contributed by atoms with E-state index in [-0.39, 0.29) is 44.4 Å². The molecule has 7 rings (SSSR count). The van der Waals surface area contributed by atoms with Crippen molar-refractivity contribution in [3.8, 4) is 23.2 Å². The molecule has 0 bridgehead atoms. The van der Waals surface area contributed by atoms with Gasteiger partial charge in [0.05, 0.1) is 17.4 Å². The lowest BCUT2D eigenvalue weighted by Gasteiger charge is -2.29. The van der Waals surface area contributed by atoms with E-state index >= 15 is 4.39 Å². The number of hydrogen-bond acceptors (Lipinski definition) is 9. The van der Waals surface area contributed by atoms with E-state index in [1.54, 1.807) is 12.1 Å². The van der Waals surface area contributed by atoms with Crippen molar-refractivity contribution < 1.29 is 17.9 Å². The average molecular weight is 610 g/mol. The zero-order chi connectivity index (χ0) is 30.4. The molecule has 0 spiro atoms. The van der Waals surface area contributed by atoms with Gasteiger partial charge in [0.2, 0.25) is 0 Å². The van der Waals surface area contributed by atoms with Crippen LogP contribution >= 0.6 is 11.3 Å². The second-order valence-corrected chi connectivity index (χ2v) is 12.5. The quantitative estimate of drug-likeness (QED) is 0.307. The van der Waals surface area contributed by atoms with Crippen molar-refractivity contribution in [3.05, 3.63) is 41.5 Å². The first-order valence-electron chi connectivity index (χ1n) is 14.5. The monoisotopic (exact) mass is 609 g/mol. The summed E-state index contributed by atoms with van der Waals surface area (Å²) in [5, 5.41) is 14.1. The maximum absolute atomic E-state index is 16.1. The molecule has 0 aliphatic carbocycles. The van der Waals surface area contributed by atoms with Gasteiger partial charge in [0.25, 0.3) is 0 Å². The number of alkyl halides is 1. The van der Waals surface area contributed by atoms with Crippen LogP contribution in [0.3, 0.4) is 0 Å². The number of nitrogens with two attached hydrogens (primary N) is 1. The minimum atomic E-state index is -0.605. The van der Waals surface area contributed by atoms with E-state index in [1.807, 2.05) is 18.0 Å². The summed E-state index contributed by atoms with van der Waals surface area (Å²) in [7, 11) is 3.36. The maximum atomic E-state index is 16.1. The summed E-state index contributed by atoms with van der Waals surface area (Å²) in [6.45, 7) is 4.85. The Bertz CT molecular complexity index is 1710. The third-order valence-electron chi connectivity index (χ3n) is 8.94. The number of methoxy groups -OCH3 is 1. The zero-order valence-corrected chi connectivity index (χ0v) is 25.1. The Kier molecular flexibility index (Phi) is 8.06. The Balaban J connectivity index is 0.000000310. The highest BCUT2D eigenvalue weighted by Gasteiger charge is 2.35. The van der Waals surface area contributed by atoms with Crippen LogP contribution in [0.4, 0.5) is 24.0 Å². The number of benzene rings is 2. The number of fused-ring (bicyclic) bond motifs is 3. The minimum absolute atomic E-state index is 0.0470. The molecule has 2 aromatic carbocycles. The summed E-state index contributed by atoms with van der Waals surface area (Å²) in [6.07, 6.45) is 3.74. The van der Waals surface area contributed by atoms with Crippen LogP contribution in [0.1, 0.15) is 38.2 Å². The molecule has 3 saturated heterocycles. The summed E-state index contributed by atoms with van der Waals surface area (Å²) < 4.78 is 48.7. The molecule has 3 fully saturated rings. The van der Waals surface area contributed by atoms with Crippen molar-refractivity contribution in [2.75, 3.05) is 44.4 Å². The minimum Gasteiger partial charge on any atom is -0.467 e. The third kappa shape index (κ3) is 5.24. The first-order chi connectivity index (χ1) is 20.7. The van der Waals surface area contributed by atoms with E-state index in [4.69, 9.17) is 10.5 Å². The lowest BCUT2D eigenvalue weighted by molar-refractivity contribution is 0.292. The van der Waals surface area contributed by atoms with Crippen LogP contribution < -0.4 is 20.7 Å². The topological polar surface area (TPSA) is 103 Å². The molecule has 3 aliphatic rings. The fourth-order valence-electron chi connectivity index (χ4n) is 6.78. The van der Waals surface area contributed by atoms with Crippen LogP contribution in [0, 0.1) is 23.0 Å². The van der Waals surface area contributed by atoms with Crippen LogP contribution in [-0.2, 0) is 0 Å². The molecule has 0 radical (unpaired) electrons. The lowest BCUT2D eigenvalue weighted by atomic mass is 9.97. The number of likely N-dealkylation sites (N-methyl/N-ethyl adjacent to an activating group) is 1. The maximum Gasteiger partial charge on any atom is 0.318 e. The molecule has 43 heavy (non-hydrogen) atoms. The number of ether oxygens (including phenoxy) is 1. The number of aromatic nitrogens is 2. The van der Waals surface area contributed by atoms with E-state index in [2.05, 4.69) is 27.1 Å². The predicted octanol–water partition coefficient (Wildman–Crippen LogP) is 5.63. The van der Waals surface area contributed by atoms with Gasteiger partial charge in [-0.1, -0.05) is 12.1 Å². The van der Waals surface area contributed by atoms with Crippen molar-refractivity contribution in [2.45, 2.75) is 56.9 Å². The number of thiophene rings is 1. The highest BCUT2D eigenvalue weighted by atomic mass is 32.1. The Labute approximate surface area is 252 Å². The fraction of sp³-hybridized carbons (Fsp3) is 0.452. The van der Waals surface area contributed by atoms with Crippen molar-refractivity contribution >= 4 is 43.1 Å². The molecular weight excluding hydrogens is 575 g/mol. The smallest absolute Gasteiger partial charge is 0.318 e. The van der Waals surface area contributed by atoms with Crippen LogP contribution in [0.2, 0.25) is 0 Å². The Morgan fingerprint density at radius 3 is 2.67 bits per heavy atom. The normalized spacial score (nSPS) is 23.3. The summed E-state index contributed by atoms with van der Waals surface area (Å²) in [6, 6.07) is 9.19. The van der Waals surface area contributed by atoms with E-state index < -0.39 is 17.8 Å². The number of nitrogens with zero attached hydrogens (tertiary/aromatic N) is 5. The van der Waals surface area contributed by atoms with Crippen LogP contribution in [0.5, 0.6) is 6.01 Å². The summed E-state index contributed by atoms with van der Waals surface area (Å²) in [5.41, 5.74) is 6.75. The molecule has 4 unspecified atom stereocenters. The number of halogens is 3. The second-order valence-electron chi connectivity index (χ2n) is 11.4.